The molecule has 4 rings (SSSR count). The van der Waals surface area contributed by atoms with Gasteiger partial charge in [0.15, 0.2) is 0 Å². The second-order valence-corrected chi connectivity index (χ2v) is 9.11. The van der Waals surface area contributed by atoms with E-state index in [2.05, 4.69) is 15.0 Å². The molecular formula is C22H23N3O5S. The molecular weight excluding hydrogens is 418 g/mol. The molecule has 3 aromatic rings. The first-order valence-corrected chi connectivity index (χ1v) is 11.3. The number of hydrogen-bond donors (Lipinski definition) is 2. The lowest BCUT2D eigenvalue weighted by Gasteiger charge is -2.14. The summed E-state index contributed by atoms with van der Waals surface area (Å²) < 4.78 is 38.3. The number of nitrogens with zero attached hydrogens (tertiary/aromatic N) is 1. The van der Waals surface area contributed by atoms with E-state index >= 15 is 0 Å². The summed E-state index contributed by atoms with van der Waals surface area (Å²) >= 11 is 0. The Balaban J connectivity index is 1.67. The Hall–Kier alpha value is -3.17. The van der Waals surface area contributed by atoms with Crippen LogP contribution in [0.25, 0.3) is 10.9 Å². The summed E-state index contributed by atoms with van der Waals surface area (Å²) in [5.74, 6) is 0.594. The number of nitrogens with one attached hydrogen (secondary N) is 2. The van der Waals surface area contributed by atoms with Gasteiger partial charge < -0.3 is 14.8 Å². The van der Waals surface area contributed by atoms with Gasteiger partial charge in [0.05, 0.1) is 41.6 Å². The maximum atomic E-state index is 13.0. The Morgan fingerprint density at radius 2 is 1.84 bits per heavy atom. The van der Waals surface area contributed by atoms with E-state index in [4.69, 9.17) is 9.47 Å². The number of sulfonamides is 1. The second kappa shape index (κ2) is 8.16. The third-order valence-corrected chi connectivity index (χ3v) is 6.60. The molecule has 1 aliphatic carbocycles. The fourth-order valence-electron chi connectivity index (χ4n) is 3.24. The summed E-state index contributed by atoms with van der Waals surface area (Å²) in [6, 6.07) is 11.5. The van der Waals surface area contributed by atoms with E-state index in [-0.39, 0.29) is 16.6 Å². The van der Waals surface area contributed by atoms with Crippen molar-refractivity contribution in [3.05, 3.63) is 53.7 Å². The molecule has 2 N–H and O–H groups in total. The molecule has 1 aromatic heterocycles. The predicted octanol–water partition coefficient (Wildman–Crippen LogP) is 3.25. The summed E-state index contributed by atoms with van der Waals surface area (Å²) in [6.07, 6.45) is 1.66. The standard InChI is InChI=1S/C22H23N3O5S/c1-13-18(11-14-10-16(29-2)6-8-19(14)23-13)22(26)24-20-12-17(7-9-21(20)30-3)31(27,28)25-15-4-5-15/h6-12,15,25H,4-5H2,1-3H3,(H,24,26). The van der Waals surface area contributed by atoms with E-state index in [1.165, 1.54) is 25.3 Å². The number of hydrogen-bond acceptors (Lipinski definition) is 6. The molecule has 2 aromatic carbocycles. The smallest absolute Gasteiger partial charge is 0.257 e. The Morgan fingerprint density at radius 1 is 1.06 bits per heavy atom. The van der Waals surface area contributed by atoms with Crippen LogP contribution in [0.4, 0.5) is 5.69 Å². The predicted molar refractivity (Wildman–Crippen MR) is 117 cm³/mol. The first-order valence-electron chi connectivity index (χ1n) is 9.78. The molecule has 0 spiro atoms. The molecule has 31 heavy (non-hydrogen) atoms. The molecule has 1 heterocycles. The van der Waals surface area contributed by atoms with Crippen molar-refractivity contribution in [2.45, 2.75) is 30.7 Å². The van der Waals surface area contributed by atoms with Gasteiger partial charge in [0.2, 0.25) is 10.0 Å². The number of amides is 1. The number of pyridine rings is 1. The number of carbonyl (C=O) groups excluding carboxylic acids is 1. The van der Waals surface area contributed by atoms with Gasteiger partial charge in [-0.2, -0.15) is 0 Å². The molecule has 0 bridgehead atoms. The lowest BCUT2D eigenvalue weighted by Crippen LogP contribution is -2.26. The van der Waals surface area contributed by atoms with Crippen LogP contribution in [0.1, 0.15) is 28.9 Å². The van der Waals surface area contributed by atoms with E-state index in [1.807, 2.05) is 6.07 Å². The number of anilines is 1. The summed E-state index contributed by atoms with van der Waals surface area (Å²) in [5.41, 5.74) is 1.92. The van der Waals surface area contributed by atoms with Crippen LogP contribution < -0.4 is 19.5 Å². The van der Waals surface area contributed by atoms with Crippen LogP contribution in [0.2, 0.25) is 0 Å². The topological polar surface area (TPSA) is 107 Å². The summed E-state index contributed by atoms with van der Waals surface area (Å²) in [4.78, 5) is 17.6. The fourth-order valence-corrected chi connectivity index (χ4v) is 4.57. The zero-order chi connectivity index (χ0) is 22.2. The van der Waals surface area contributed by atoms with Crippen LogP contribution in [0.15, 0.2) is 47.4 Å². The lowest BCUT2D eigenvalue weighted by molar-refractivity contribution is 0.102. The van der Waals surface area contributed by atoms with Crippen LogP contribution >= 0.6 is 0 Å². The van der Waals surface area contributed by atoms with Gasteiger partial charge in [-0.25, -0.2) is 13.1 Å². The summed E-state index contributed by atoms with van der Waals surface area (Å²) in [5, 5.41) is 3.52. The minimum atomic E-state index is -3.67. The minimum Gasteiger partial charge on any atom is -0.497 e. The van der Waals surface area contributed by atoms with Crippen molar-refractivity contribution in [2.75, 3.05) is 19.5 Å². The molecule has 0 atom stereocenters. The Bertz CT molecular complexity index is 1270. The molecule has 8 nitrogen and oxygen atoms in total. The van der Waals surface area contributed by atoms with Crippen molar-refractivity contribution >= 4 is 32.5 Å². The average molecular weight is 442 g/mol. The minimum absolute atomic E-state index is 0.0199. The third kappa shape index (κ3) is 4.47. The number of methoxy groups -OCH3 is 2. The number of ether oxygens (including phenoxy) is 2. The lowest BCUT2D eigenvalue weighted by atomic mass is 10.1. The third-order valence-electron chi connectivity index (χ3n) is 5.09. The number of carbonyl (C=O) groups is 1. The Morgan fingerprint density at radius 3 is 2.52 bits per heavy atom. The molecule has 0 unspecified atom stereocenters. The van der Waals surface area contributed by atoms with Gasteiger partial charge >= 0.3 is 0 Å². The first-order chi connectivity index (χ1) is 14.8. The first kappa shape index (κ1) is 21.1. The van der Waals surface area contributed by atoms with Crippen LogP contribution in [0.5, 0.6) is 11.5 Å². The molecule has 0 saturated heterocycles. The zero-order valence-electron chi connectivity index (χ0n) is 17.4. The molecule has 1 saturated carbocycles. The fraction of sp³-hybridized carbons (Fsp3) is 0.273. The highest BCUT2D eigenvalue weighted by molar-refractivity contribution is 7.89. The van der Waals surface area contributed by atoms with Crippen molar-refractivity contribution in [1.29, 1.82) is 0 Å². The average Bonchev–Trinajstić information content (AvgIpc) is 3.56. The normalized spacial score (nSPS) is 13.8. The van der Waals surface area contributed by atoms with Crippen LogP contribution in [0, 0.1) is 6.92 Å². The van der Waals surface area contributed by atoms with E-state index in [0.717, 1.165) is 23.7 Å². The molecule has 0 aliphatic heterocycles. The molecule has 9 heteroatoms. The second-order valence-electron chi connectivity index (χ2n) is 7.39. The highest BCUT2D eigenvalue weighted by Gasteiger charge is 2.28. The summed E-state index contributed by atoms with van der Waals surface area (Å²) in [6.45, 7) is 1.75. The van der Waals surface area contributed by atoms with Gasteiger partial charge in [0, 0.05) is 11.4 Å². The zero-order valence-corrected chi connectivity index (χ0v) is 18.2. The van der Waals surface area contributed by atoms with Crippen molar-refractivity contribution in [2.24, 2.45) is 0 Å². The maximum Gasteiger partial charge on any atom is 0.257 e. The quantitative estimate of drug-likeness (QED) is 0.583. The maximum absolute atomic E-state index is 13.0. The highest BCUT2D eigenvalue weighted by atomic mass is 32.2. The number of benzene rings is 2. The van der Waals surface area contributed by atoms with E-state index in [9.17, 15) is 13.2 Å². The van der Waals surface area contributed by atoms with Gasteiger partial charge in [-0.05, 0) is 62.2 Å². The van der Waals surface area contributed by atoms with Gasteiger partial charge in [-0.15, -0.1) is 0 Å². The molecule has 0 radical (unpaired) electrons. The Kier molecular flexibility index (Phi) is 5.55. The largest absolute Gasteiger partial charge is 0.497 e. The van der Waals surface area contributed by atoms with Crippen molar-refractivity contribution in [3.8, 4) is 11.5 Å². The summed E-state index contributed by atoms with van der Waals surface area (Å²) in [7, 11) is -0.646. The van der Waals surface area contributed by atoms with Gasteiger partial charge in [0.25, 0.3) is 5.91 Å². The Labute approximate surface area is 180 Å². The van der Waals surface area contributed by atoms with Crippen LogP contribution in [-0.4, -0.2) is 39.6 Å². The van der Waals surface area contributed by atoms with E-state index in [1.54, 1.807) is 32.2 Å². The van der Waals surface area contributed by atoms with Crippen LogP contribution in [-0.2, 0) is 10.0 Å². The molecule has 162 valence electrons. The van der Waals surface area contributed by atoms with Gasteiger partial charge in [0.1, 0.15) is 11.5 Å². The highest BCUT2D eigenvalue weighted by Crippen LogP contribution is 2.30. The van der Waals surface area contributed by atoms with Gasteiger partial charge in [-0.3, -0.25) is 9.78 Å². The number of fused-ring (bicyclic) bond motifs is 1. The molecule has 1 aliphatic rings. The monoisotopic (exact) mass is 441 g/mol. The number of aromatic nitrogens is 1. The van der Waals surface area contributed by atoms with E-state index in [0.29, 0.717) is 22.8 Å². The SMILES string of the molecule is COc1ccc2nc(C)c(C(=O)Nc3cc(S(=O)(=O)NC4CC4)ccc3OC)cc2c1. The number of rotatable bonds is 7. The number of aryl methyl sites for hydroxylation is 1. The van der Waals surface area contributed by atoms with Crippen molar-refractivity contribution in [3.63, 3.8) is 0 Å². The molecule has 1 fully saturated rings. The van der Waals surface area contributed by atoms with Crippen molar-refractivity contribution in [1.82, 2.24) is 9.71 Å². The van der Waals surface area contributed by atoms with Crippen molar-refractivity contribution < 1.29 is 22.7 Å². The molecule has 1 amide bonds. The van der Waals surface area contributed by atoms with E-state index < -0.39 is 15.9 Å². The van der Waals surface area contributed by atoms with Gasteiger partial charge in [-0.1, -0.05) is 0 Å². The van der Waals surface area contributed by atoms with Crippen LogP contribution in [0.3, 0.4) is 0 Å².